The minimum absolute atomic E-state index is 0.138. The van der Waals surface area contributed by atoms with Gasteiger partial charge in [0.2, 0.25) is 18.6 Å². The summed E-state index contributed by atoms with van der Waals surface area (Å²) in [5.74, 6) is 0.815. The van der Waals surface area contributed by atoms with Gasteiger partial charge in [-0.3, -0.25) is 9.59 Å². The lowest BCUT2D eigenvalue weighted by Crippen LogP contribution is -2.49. The molecule has 2 amide bonds. The minimum Gasteiger partial charge on any atom is -0.454 e. The van der Waals surface area contributed by atoms with Gasteiger partial charge in [-0.1, -0.05) is 46.3 Å². The highest BCUT2D eigenvalue weighted by molar-refractivity contribution is 9.09. The number of hydrogen-bond donors (Lipinski definition) is 1. The molecule has 0 bridgehead atoms. The average Bonchev–Trinajstić information content (AvgIpc) is 3.14. The van der Waals surface area contributed by atoms with Gasteiger partial charge in [0.1, 0.15) is 6.04 Å². The fourth-order valence-electron chi connectivity index (χ4n) is 2.74. The van der Waals surface area contributed by atoms with Crippen LogP contribution in [0, 0.1) is 0 Å². The Kier molecular flexibility index (Phi) is 5.78. The van der Waals surface area contributed by atoms with Gasteiger partial charge >= 0.3 is 0 Å². The second-order valence-electron chi connectivity index (χ2n) is 5.88. The first-order chi connectivity index (χ1) is 12.6. The van der Waals surface area contributed by atoms with Crippen LogP contribution in [0.25, 0.3) is 0 Å². The summed E-state index contributed by atoms with van der Waals surface area (Å²) in [6, 6.07) is 14.2. The van der Waals surface area contributed by atoms with Crippen molar-refractivity contribution in [3.05, 3.63) is 54.1 Å². The zero-order chi connectivity index (χ0) is 18.5. The topological polar surface area (TPSA) is 67.9 Å². The van der Waals surface area contributed by atoms with E-state index in [0.29, 0.717) is 23.6 Å². The van der Waals surface area contributed by atoms with Gasteiger partial charge in [-0.15, -0.1) is 0 Å². The third-order valence-corrected chi connectivity index (χ3v) is 4.62. The zero-order valence-electron chi connectivity index (χ0n) is 14.3. The predicted molar refractivity (Wildman–Crippen MR) is 102 cm³/mol. The molecule has 1 atom stereocenters. The van der Waals surface area contributed by atoms with E-state index < -0.39 is 6.04 Å². The number of nitrogens with zero attached hydrogens (tertiary/aromatic N) is 1. The fraction of sp³-hybridized carbons (Fsp3) is 0.263. The molecule has 1 N–H and O–H groups in total. The quantitative estimate of drug-likeness (QED) is 0.731. The fourth-order valence-corrected chi connectivity index (χ4v) is 2.90. The van der Waals surface area contributed by atoms with Crippen molar-refractivity contribution >= 4 is 33.4 Å². The van der Waals surface area contributed by atoms with Gasteiger partial charge in [-0.05, 0) is 17.7 Å². The first-order valence-electron chi connectivity index (χ1n) is 8.15. The third kappa shape index (κ3) is 4.16. The molecule has 6 nitrogen and oxygen atoms in total. The lowest BCUT2D eigenvalue weighted by molar-refractivity contribution is -0.126. The molecule has 0 saturated heterocycles. The van der Waals surface area contributed by atoms with Crippen molar-refractivity contribution in [2.45, 2.75) is 12.5 Å². The van der Waals surface area contributed by atoms with Crippen molar-refractivity contribution in [1.29, 1.82) is 0 Å². The number of benzene rings is 2. The van der Waals surface area contributed by atoms with Gasteiger partial charge in [0.25, 0.3) is 0 Å². The number of anilines is 1. The minimum atomic E-state index is -0.669. The molecule has 0 aromatic heterocycles. The van der Waals surface area contributed by atoms with Gasteiger partial charge in [0.05, 0.1) is 5.33 Å². The van der Waals surface area contributed by atoms with Crippen LogP contribution in [-0.4, -0.2) is 37.0 Å². The van der Waals surface area contributed by atoms with Crippen LogP contribution in [0.1, 0.15) is 5.56 Å². The normalized spacial score (nSPS) is 13.2. The molecule has 0 fully saturated rings. The standard InChI is InChI=1S/C19H19BrN2O4/c1-22(14-7-8-16-17(10-14)26-12-25-16)19(24)15(21-18(23)11-20)9-13-5-3-2-4-6-13/h2-8,10,15H,9,11-12H2,1H3,(H,21,23). The summed E-state index contributed by atoms with van der Waals surface area (Å²) in [4.78, 5) is 26.4. The smallest absolute Gasteiger partial charge is 0.249 e. The molecular weight excluding hydrogens is 400 g/mol. The molecular formula is C19H19BrN2O4. The summed E-state index contributed by atoms with van der Waals surface area (Å²) in [5, 5.41) is 2.92. The summed E-state index contributed by atoms with van der Waals surface area (Å²) in [6.07, 6.45) is 0.410. The van der Waals surface area contributed by atoms with Crippen molar-refractivity contribution in [2.75, 3.05) is 24.1 Å². The molecule has 0 aliphatic carbocycles. The number of halogens is 1. The second-order valence-corrected chi connectivity index (χ2v) is 6.44. The maximum atomic E-state index is 13.0. The van der Waals surface area contributed by atoms with Gasteiger partial charge in [-0.2, -0.15) is 0 Å². The van der Waals surface area contributed by atoms with Gasteiger partial charge in [0.15, 0.2) is 11.5 Å². The Hall–Kier alpha value is -2.54. The van der Waals surface area contributed by atoms with E-state index in [-0.39, 0.29) is 23.9 Å². The number of likely N-dealkylation sites (N-methyl/N-ethyl adjacent to an activating group) is 1. The molecule has 1 aliphatic heterocycles. The lowest BCUT2D eigenvalue weighted by atomic mass is 10.0. The molecule has 1 heterocycles. The van der Waals surface area contributed by atoms with Crippen LogP contribution >= 0.6 is 15.9 Å². The summed E-state index contributed by atoms with van der Waals surface area (Å²) < 4.78 is 10.7. The Morgan fingerprint density at radius 1 is 1.15 bits per heavy atom. The van der Waals surface area contributed by atoms with E-state index in [2.05, 4.69) is 21.2 Å². The lowest BCUT2D eigenvalue weighted by Gasteiger charge is -2.25. The highest BCUT2D eigenvalue weighted by Gasteiger charge is 2.26. The number of alkyl halides is 1. The molecule has 2 aromatic rings. The van der Waals surface area contributed by atoms with E-state index in [4.69, 9.17) is 9.47 Å². The number of carbonyl (C=O) groups is 2. The Morgan fingerprint density at radius 3 is 2.62 bits per heavy atom. The number of hydrogen-bond acceptors (Lipinski definition) is 4. The number of rotatable bonds is 6. The number of ether oxygens (including phenoxy) is 2. The van der Waals surface area contributed by atoms with E-state index in [1.54, 1.807) is 25.2 Å². The van der Waals surface area contributed by atoms with E-state index in [9.17, 15) is 9.59 Å². The van der Waals surface area contributed by atoms with Gasteiger partial charge in [-0.25, -0.2) is 0 Å². The molecule has 0 radical (unpaired) electrons. The predicted octanol–water partition coefficient (Wildman–Crippen LogP) is 2.50. The van der Waals surface area contributed by atoms with E-state index in [0.717, 1.165) is 5.56 Å². The van der Waals surface area contributed by atoms with Crippen LogP contribution in [0.15, 0.2) is 48.5 Å². The van der Waals surface area contributed by atoms with Crippen molar-refractivity contribution in [1.82, 2.24) is 5.32 Å². The Balaban J connectivity index is 1.80. The Morgan fingerprint density at radius 2 is 1.88 bits per heavy atom. The van der Waals surface area contributed by atoms with Crippen molar-refractivity contribution < 1.29 is 19.1 Å². The first kappa shape index (κ1) is 18.3. The van der Waals surface area contributed by atoms with Gasteiger partial charge in [0, 0.05) is 25.2 Å². The summed E-state index contributed by atoms with van der Waals surface area (Å²) >= 11 is 3.13. The average molecular weight is 419 g/mol. The molecule has 1 unspecified atom stereocenters. The molecule has 2 aromatic carbocycles. The zero-order valence-corrected chi connectivity index (χ0v) is 15.9. The molecule has 0 saturated carbocycles. The van der Waals surface area contributed by atoms with E-state index >= 15 is 0 Å². The van der Waals surface area contributed by atoms with Crippen LogP contribution in [0.3, 0.4) is 0 Å². The van der Waals surface area contributed by atoms with Gasteiger partial charge < -0.3 is 19.7 Å². The Bertz CT molecular complexity index is 797. The molecule has 136 valence electrons. The number of amides is 2. The monoisotopic (exact) mass is 418 g/mol. The Labute approximate surface area is 160 Å². The molecule has 0 spiro atoms. The maximum Gasteiger partial charge on any atom is 0.249 e. The van der Waals surface area contributed by atoms with Crippen LogP contribution in [0.5, 0.6) is 11.5 Å². The van der Waals surface area contributed by atoms with Crippen LogP contribution in [0.4, 0.5) is 5.69 Å². The van der Waals surface area contributed by atoms with Crippen LogP contribution in [0.2, 0.25) is 0 Å². The van der Waals surface area contributed by atoms with E-state index in [1.165, 1.54) is 4.90 Å². The highest BCUT2D eigenvalue weighted by atomic mass is 79.9. The molecule has 3 rings (SSSR count). The highest BCUT2D eigenvalue weighted by Crippen LogP contribution is 2.35. The number of fused-ring (bicyclic) bond motifs is 1. The summed E-state index contributed by atoms with van der Waals surface area (Å²) in [7, 11) is 1.68. The number of nitrogens with one attached hydrogen (secondary N) is 1. The largest absolute Gasteiger partial charge is 0.454 e. The second kappa shape index (κ2) is 8.23. The van der Waals surface area contributed by atoms with Crippen LogP contribution < -0.4 is 19.7 Å². The third-order valence-electron chi connectivity index (χ3n) is 4.11. The maximum absolute atomic E-state index is 13.0. The molecule has 7 heteroatoms. The SMILES string of the molecule is CN(C(=O)C(Cc1ccccc1)NC(=O)CBr)c1ccc2c(c1)OCO2. The van der Waals surface area contributed by atoms with Crippen LogP contribution in [-0.2, 0) is 16.0 Å². The first-order valence-corrected chi connectivity index (χ1v) is 9.27. The van der Waals surface area contributed by atoms with Crippen molar-refractivity contribution in [2.24, 2.45) is 0 Å². The molecule has 26 heavy (non-hydrogen) atoms. The van der Waals surface area contributed by atoms with E-state index in [1.807, 2.05) is 30.3 Å². The summed E-state index contributed by atoms with van der Waals surface area (Å²) in [5.41, 5.74) is 1.64. The summed E-state index contributed by atoms with van der Waals surface area (Å²) in [6.45, 7) is 0.175. The van der Waals surface area contributed by atoms with Crippen molar-refractivity contribution in [3.63, 3.8) is 0 Å². The molecule has 1 aliphatic rings. The number of carbonyl (C=O) groups excluding carboxylic acids is 2. The van der Waals surface area contributed by atoms with Crippen molar-refractivity contribution in [3.8, 4) is 11.5 Å².